The first kappa shape index (κ1) is 18.5. The molecule has 154 valence electrons. The summed E-state index contributed by atoms with van der Waals surface area (Å²) in [5.41, 5.74) is 2.17. The van der Waals surface area contributed by atoms with Gasteiger partial charge in [-0.15, -0.1) is 0 Å². The lowest BCUT2D eigenvalue weighted by molar-refractivity contribution is 0.0625. The van der Waals surface area contributed by atoms with Crippen molar-refractivity contribution in [2.24, 2.45) is 0 Å². The number of nitrogens with one attached hydrogen (secondary N) is 1. The number of aryl methyl sites for hydroxylation is 1. The minimum absolute atomic E-state index is 0.0230. The van der Waals surface area contributed by atoms with Crippen LogP contribution in [0.25, 0.3) is 11.1 Å². The molecule has 4 heterocycles. The predicted octanol–water partition coefficient (Wildman–Crippen LogP) is 2.83. The second kappa shape index (κ2) is 6.77. The highest BCUT2D eigenvalue weighted by atomic mass is 19.1. The molecule has 1 aliphatic rings. The smallest absolute Gasteiger partial charge is 0.292 e. The van der Waals surface area contributed by atoms with Gasteiger partial charge in [-0.1, -0.05) is 6.07 Å². The van der Waals surface area contributed by atoms with E-state index >= 15 is 0 Å². The summed E-state index contributed by atoms with van der Waals surface area (Å²) in [4.78, 5) is 30.9. The molecule has 0 fully saturated rings. The van der Waals surface area contributed by atoms with Gasteiger partial charge in [0.15, 0.2) is 17.4 Å². The quantitative estimate of drug-likeness (QED) is 0.532. The Morgan fingerprint density at radius 3 is 2.93 bits per heavy atom. The lowest BCUT2D eigenvalue weighted by atomic mass is 10.0. The van der Waals surface area contributed by atoms with Crippen LogP contribution in [0.3, 0.4) is 0 Å². The van der Waals surface area contributed by atoms with E-state index in [1.54, 1.807) is 25.4 Å². The van der Waals surface area contributed by atoms with E-state index in [1.165, 1.54) is 17.9 Å². The Kier molecular flexibility index (Phi) is 4.17. The number of amides is 1. The number of hydrogen-bond donors (Lipinski definition) is 2. The molecule has 2 atom stereocenters. The number of para-hydroxylation sites is 1. The van der Waals surface area contributed by atoms with Crippen LogP contribution in [0.4, 0.5) is 4.39 Å². The van der Waals surface area contributed by atoms with Gasteiger partial charge in [0.05, 0.1) is 17.7 Å². The zero-order valence-corrected chi connectivity index (χ0v) is 16.2. The monoisotopic (exact) mass is 411 g/mol. The number of rotatable bonds is 3. The van der Waals surface area contributed by atoms with Crippen molar-refractivity contribution in [2.45, 2.75) is 32.4 Å². The molecule has 10 heteroatoms. The van der Waals surface area contributed by atoms with Gasteiger partial charge in [-0.25, -0.2) is 19.3 Å². The van der Waals surface area contributed by atoms with Gasteiger partial charge in [0.1, 0.15) is 11.6 Å². The Balaban J connectivity index is 1.62. The zero-order chi connectivity index (χ0) is 21.0. The molecule has 1 aliphatic heterocycles. The second-order valence-corrected chi connectivity index (χ2v) is 7.20. The lowest BCUT2D eigenvalue weighted by Gasteiger charge is -2.32. The zero-order valence-electron chi connectivity index (χ0n) is 16.2. The van der Waals surface area contributed by atoms with E-state index in [9.17, 15) is 14.3 Å². The van der Waals surface area contributed by atoms with Gasteiger partial charge in [-0.05, 0) is 26.0 Å². The fourth-order valence-electron chi connectivity index (χ4n) is 3.72. The van der Waals surface area contributed by atoms with Crippen LogP contribution >= 0.6 is 0 Å². The maximum atomic E-state index is 14.2. The van der Waals surface area contributed by atoms with Crippen molar-refractivity contribution in [2.75, 3.05) is 6.54 Å². The third kappa shape index (κ3) is 2.79. The highest BCUT2D eigenvalue weighted by Gasteiger charge is 2.39. The fourth-order valence-corrected chi connectivity index (χ4v) is 3.72. The normalized spacial score (nSPS) is 17.3. The highest BCUT2D eigenvalue weighted by molar-refractivity contribution is 5.93. The summed E-state index contributed by atoms with van der Waals surface area (Å²) in [5, 5.41) is 9.74. The van der Waals surface area contributed by atoms with Gasteiger partial charge in [-0.2, -0.15) is 0 Å². The number of H-pyrrole nitrogens is 1. The Bertz CT molecular complexity index is 1260. The summed E-state index contributed by atoms with van der Waals surface area (Å²) in [6.07, 6.45) is 1.14. The summed E-state index contributed by atoms with van der Waals surface area (Å²) >= 11 is 0. The molecule has 4 aromatic rings. The maximum absolute atomic E-state index is 14.2. The van der Waals surface area contributed by atoms with Crippen molar-refractivity contribution < 1.29 is 23.1 Å². The molecule has 1 amide bonds. The number of aromatic amines is 1. The molecule has 0 unspecified atom stereocenters. The number of halogens is 1. The third-order valence-corrected chi connectivity index (χ3v) is 5.17. The molecule has 5 rings (SSSR count). The molecule has 0 aliphatic carbocycles. The van der Waals surface area contributed by atoms with E-state index in [1.807, 2.05) is 0 Å². The van der Waals surface area contributed by atoms with E-state index in [2.05, 4.69) is 19.9 Å². The van der Waals surface area contributed by atoms with Gasteiger partial charge < -0.3 is 23.8 Å². The Morgan fingerprint density at radius 2 is 2.20 bits per heavy atom. The van der Waals surface area contributed by atoms with Crippen molar-refractivity contribution >= 4 is 17.0 Å². The molecule has 0 radical (unpaired) electrons. The number of imidazole rings is 1. The van der Waals surface area contributed by atoms with E-state index in [4.69, 9.17) is 8.83 Å². The highest BCUT2D eigenvalue weighted by Crippen LogP contribution is 2.36. The van der Waals surface area contributed by atoms with E-state index in [-0.39, 0.29) is 23.1 Å². The molecular weight excluding hydrogens is 393 g/mol. The number of carbonyl (C=O) groups excluding carboxylic acids is 1. The van der Waals surface area contributed by atoms with Crippen LogP contribution in [0.15, 0.2) is 33.4 Å². The van der Waals surface area contributed by atoms with Crippen LogP contribution < -0.4 is 0 Å². The van der Waals surface area contributed by atoms with Crippen LogP contribution in [0, 0.1) is 12.7 Å². The summed E-state index contributed by atoms with van der Waals surface area (Å²) in [6, 6.07) is 3.71. The molecule has 2 N–H and O–H groups in total. The predicted molar refractivity (Wildman–Crippen MR) is 101 cm³/mol. The van der Waals surface area contributed by atoms with E-state index in [0.717, 1.165) is 5.69 Å². The Morgan fingerprint density at radius 1 is 1.37 bits per heavy atom. The van der Waals surface area contributed by atoms with E-state index in [0.29, 0.717) is 29.9 Å². The first-order chi connectivity index (χ1) is 14.4. The molecular formula is C20H18FN5O4. The van der Waals surface area contributed by atoms with Gasteiger partial charge in [-0.3, -0.25) is 4.79 Å². The molecule has 0 saturated carbocycles. The van der Waals surface area contributed by atoms with Crippen LogP contribution in [0.1, 0.15) is 58.5 Å². The van der Waals surface area contributed by atoms with Crippen molar-refractivity contribution in [3.05, 3.63) is 65.0 Å². The molecule has 0 bridgehead atoms. The average Bonchev–Trinajstić information content (AvgIpc) is 3.44. The third-order valence-electron chi connectivity index (χ3n) is 5.17. The first-order valence-corrected chi connectivity index (χ1v) is 9.47. The first-order valence-electron chi connectivity index (χ1n) is 9.47. The van der Waals surface area contributed by atoms with Crippen LogP contribution in [0.2, 0.25) is 0 Å². The Labute approximate surface area is 169 Å². The number of oxazole rings is 2. The number of aliphatic hydroxyl groups excluding tert-OH is 1. The fraction of sp³-hybridized carbons (Fsp3) is 0.300. The maximum Gasteiger partial charge on any atom is 0.292 e. The minimum atomic E-state index is -0.944. The number of aromatic nitrogens is 4. The van der Waals surface area contributed by atoms with Crippen molar-refractivity contribution in [3.8, 4) is 0 Å². The number of benzene rings is 1. The molecule has 9 nitrogen and oxygen atoms in total. The van der Waals surface area contributed by atoms with E-state index < -0.39 is 23.9 Å². The average molecular weight is 411 g/mol. The topological polar surface area (TPSA) is 121 Å². The van der Waals surface area contributed by atoms with Gasteiger partial charge in [0.2, 0.25) is 17.5 Å². The Hall–Kier alpha value is -3.53. The van der Waals surface area contributed by atoms with Crippen molar-refractivity contribution in [3.63, 3.8) is 0 Å². The number of hydrogen-bond acceptors (Lipinski definition) is 7. The van der Waals surface area contributed by atoms with Crippen LogP contribution in [0.5, 0.6) is 0 Å². The lowest BCUT2D eigenvalue weighted by Crippen LogP contribution is -2.41. The molecule has 3 aromatic heterocycles. The van der Waals surface area contributed by atoms with Gasteiger partial charge >= 0.3 is 0 Å². The van der Waals surface area contributed by atoms with Gasteiger partial charge in [0.25, 0.3) is 5.91 Å². The number of carbonyl (C=O) groups is 1. The number of nitrogens with zero attached hydrogens (tertiary/aromatic N) is 4. The molecule has 0 saturated heterocycles. The summed E-state index contributed by atoms with van der Waals surface area (Å²) in [7, 11) is 0. The van der Waals surface area contributed by atoms with Crippen molar-refractivity contribution in [1.82, 2.24) is 24.8 Å². The summed E-state index contributed by atoms with van der Waals surface area (Å²) < 4.78 is 25.4. The standard InChI is InChI=1S/C20H18FN5O4/c1-9-16(29-18(24-9)10(2)27)20(28)26-7-6-12-14(23-8-22-12)15(26)19-25-13-5-3-4-11(21)17(13)30-19/h3-5,8,10,15,27H,6-7H2,1-2H3,(H,22,23)/t10-,15+/m1/s1. The minimum Gasteiger partial charge on any atom is -0.435 e. The number of fused-ring (bicyclic) bond motifs is 2. The van der Waals surface area contributed by atoms with Crippen LogP contribution in [-0.2, 0) is 6.42 Å². The summed E-state index contributed by atoms with van der Waals surface area (Å²) in [6.45, 7) is 3.48. The van der Waals surface area contributed by atoms with Crippen molar-refractivity contribution in [1.29, 1.82) is 0 Å². The number of aliphatic hydroxyl groups is 1. The second-order valence-electron chi connectivity index (χ2n) is 7.20. The molecule has 30 heavy (non-hydrogen) atoms. The molecule has 1 aromatic carbocycles. The van der Waals surface area contributed by atoms with Crippen LogP contribution in [-0.4, -0.2) is 42.4 Å². The summed E-state index contributed by atoms with van der Waals surface area (Å²) in [5.74, 6) is -0.724. The SMILES string of the molecule is Cc1nc([C@@H](C)O)oc1C(=O)N1CCc2[nH]cnc2[C@H]1c1nc2cccc(F)c2o1. The molecule has 0 spiro atoms. The largest absolute Gasteiger partial charge is 0.435 e. The van der Waals surface area contributed by atoms with Gasteiger partial charge in [0, 0.05) is 18.7 Å².